The number of hydrogen-bond donors (Lipinski definition) is 1. The predicted molar refractivity (Wildman–Crippen MR) is 78.5 cm³/mol. The van der Waals surface area contributed by atoms with Gasteiger partial charge in [0.1, 0.15) is 0 Å². The molecule has 106 valence electrons. The number of piperazine rings is 1. The molecule has 2 rings (SSSR count). The Balaban J connectivity index is 2.36. The summed E-state index contributed by atoms with van der Waals surface area (Å²) in [7, 11) is -3.17. The molecule has 0 saturated carbocycles. The normalized spacial score (nSPS) is 20.5. The lowest BCUT2D eigenvalue weighted by atomic mass is 10.2. The van der Waals surface area contributed by atoms with Crippen molar-refractivity contribution in [1.29, 1.82) is 0 Å². The fraction of sp³-hybridized carbons (Fsp3) is 0.571. The van der Waals surface area contributed by atoms with Crippen molar-refractivity contribution in [3.05, 3.63) is 24.3 Å². The molecule has 0 spiro atoms. The van der Waals surface area contributed by atoms with Crippen LogP contribution >= 0.6 is 0 Å². The highest BCUT2D eigenvalue weighted by molar-refractivity contribution is 7.91. The maximum absolute atomic E-state index is 12.3. The average Bonchev–Trinajstić information content (AvgIpc) is 2.39. The Morgan fingerprint density at radius 1 is 1.37 bits per heavy atom. The summed E-state index contributed by atoms with van der Waals surface area (Å²) in [5, 5.41) is 3.37. The van der Waals surface area contributed by atoms with Gasteiger partial charge < -0.3 is 10.2 Å². The molecule has 0 aliphatic carbocycles. The number of benzene rings is 1. The van der Waals surface area contributed by atoms with Crippen LogP contribution in [0.25, 0.3) is 0 Å². The molecule has 0 bridgehead atoms. The predicted octanol–water partition coefficient (Wildman–Crippen LogP) is 1.67. The van der Waals surface area contributed by atoms with Crippen LogP contribution in [0.15, 0.2) is 29.2 Å². The molecule has 1 aromatic rings. The van der Waals surface area contributed by atoms with Crippen molar-refractivity contribution in [2.75, 3.05) is 30.3 Å². The molecule has 1 heterocycles. The van der Waals surface area contributed by atoms with Crippen LogP contribution in [-0.2, 0) is 9.84 Å². The van der Waals surface area contributed by atoms with Crippen LogP contribution in [0.5, 0.6) is 0 Å². The van der Waals surface area contributed by atoms with Crippen molar-refractivity contribution >= 4 is 15.5 Å². The number of rotatable bonds is 4. The van der Waals surface area contributed by atoms with E-state index in [2.05, 4.69) is 17.1 Å². The van der Waals surface area contributed by atoms with E-state index in [-0.39, 0.29) is 5.75 Å². The quantitative estimate of drug-likeness (QED) is 0.912. The third-order valence-corrected chi connectivity index (χ3v) is 5.34. The molecule has 0 amide bonds. The van der Waals surface area contributed by atoms with Gasteiger partial charge in [0, 0.05) is 25.7 Å². The van der Waals surface area contributed by atoms with Crippen molar-refractivity contribution in [3.8, 4) is 0 Å². The van der Waals surface area contributed by atoms with Gasteiger partial charge in [-0.05, 0) is 25.5 Å². The summed E-state index contributed by atoms with van der Waals surface area (Å²) in [6, 6.07) is 7.74. The van der Waals surface area contributed by atoms with Crippen molar-refractivity contribution in [3.63, 3.8) is 0 Å². The average molecular weight is 282 g/mol. The fourth-order valence-corrected chi connectivity index (χ4v) is 4.07. The first-order valence-corrected chi connectivity index (χ1v) is 8.50. The molecule has 1 saturated heterocycles. The fourth-order valence-electron chi connectivity index (χ4n) is 2.51. The van der Waals surface area contributed by atoms with Crippen molar-refractivity contribution in [2.24, 2.45) is 0 Å². The van der Waals surface area contributed by atoms with Gasteiger partial charge in [-0.25, -0.2) is 8.42 Å². The Morgan fingerprint density at radius 2 is 2.11 bits per heavy atom. The van der Waals surface area contributed by atoms with Crippen LogP contribution in [0.2, 0.25) is 0 Å². The van der Waals surface area contributed by atoms with Crippen molar-refractivity contribution in [1.82, 2.24) is 5.32 Å². The van der Waals surface area contributed by atoms with Gasteiger partial charge in [-0.1, -0.05) is 19.1 Å². The SMILES string of the molecule is CCCS(=O)(=O)c1ccccc1N1CCNC(C)C1. The van der Waals surface area contributed by atoms with Crippen LogP contribution in [0.1, 0.15) is 20.3 Å². The molecule has 0 aromatic heterocycles. The molecule has 1 fully saturated rings. The molecule has 4 nitrogen and oxygen atoms in total. The monoisotopic (exact) mass is 282 g/mol. The van der Waals surface area contributed by atoms with E-state index >= 15 is 0 Å². The molecule has 1 unspecified atom stereocenters. The largest absolute Gasteiger partial charge is 0.368 e. The second-order valence-electron chi connectivity index (χ2n) is 5.09. The number of para-hydroxylation sites is 1. The Labute approximate surface area is 115 Å². The summed E-state index contributed by atoms with van der Waals surface area (Å²) in [5.74, 6) is 0.214. The molecule has 5 heteroatoms. The Morgan fingerprint density at radius 3 is 2.79 bits per heavy atom. The van der Waals surface area contributed by atoms with Crippen LogP contribution in [-0.4, -0.2) is 39.8 Å². The van der Waals surface area contributed by atoms with E-state index in [0.29, 0.717) is 17.4 Å². The van der Waals surface area contributed by atoms with Crippen LogP contribution < -0.4 is 10.2 Å². The van der Waals surface area contributed by atoms with E-state index in [0.717, 1.165) is 25.3 Å². The molecule has 19 heavy (non-hydrogen) atoms. The van der Waals surface area contributed by atoms with Gasteiger partial charge in [0.25, 0.3) is 0 Å². The number of nitrogens with one attached hydrogen (secondary N) is 1. The highest BCUT2D eigenvalue weighted by Crippen LogP contribution is 2.27. The Hall–Kier alpha value is -1.07. The highest BCUT2D eigenvalue weighted by Gasteiger charge is 2.23. The highest BCUT2D eigenvalue weighted by atomic mass is 32.2. The third kappa shape index (κ3) is 3.28. The summed E-state index contributed by atoms with van der Waals surface area (Å²) in [5.41, 5.74) is 0.851. The second-order valence-corrected chi connectivity index (χ2v) is 7.17. The van der Waals surface area contributed by atoms with E-state index in [1.165, 1.54) is 0 Å². The molecular weight excluding hydrogens is 260 g/mol. The van der Waals surface area contributed by atoms with E-state index < -0.39 is 9.84 Å². The first-order chi connectivity index (χ1) is 9.04. The zero-order chi connectivity index (χ0) is 13.9. The lowest BCUT2D eigenvalue weighted by molar-refractivity contribution is 0.483. The van der Waals surface area contributed by atoms with Gasteiger partial charge in [0.2, 0.25) is 0 Å². The molecule has 1 aromatic carbocycles. The first-order valence-electron chi connectivity index (χ1n) is 6.84. The zero-order valence-electron chi connectivity index (χ0n) is 11.6. The van der Waals surface area contributed by atoms with Gasteiger partial charge >= 0.3 is 0 Å². The number of sulfone groups is 1. The third-order valence-electron chi connectivity index (χ3n) is 3.38. The Bertz CT molecular complexity index is 528. The summed E-state index contributed by atoms with van der Waals surface area (Å²) in [6.07, 6.45) is 0.647. The van der Waals surface area contributed by atoms with Crippen molar-refractivity contribution < 1.29 is 8.42 Å². The van der Waals surface area contributed by atoms with Gasteiger partial charge in [-0.2, -0.15) is 0 Å². The van der Waals surface area contributed by atoms with Gasteiger partial charge in [0.15, 0.2) is 9.84 Å². The molecule has 0 radical (unpaired) electrons. The van der Waals surface area contributed by atoms with Gasteiger partial charge in [-0.3, -0.25) is 0 Å². The van der Waals surface area contributed by atoms with E-state index in [4.69, 9.17) is 0 Å². The molecule has 1 N–H and O–H groups in total. The van der Waals surface area contributed by atoms with Crippen LogP contribution in [0.4, 0.5) is 5.69 Å². The smallest absolute Gasteiger partial charge is 0.180 e. The van der Waals surface area contributed by atoms with E-state index in [1.54, 1.807) is 12.1 Å². The minimum absolute atomic E-state index is 0.214. The van der Waals surface area contributed by atoms with Gasteiger partial charge in [-0.15, -0.1) is 0 Å². The zero-order valence-corrected chi connectivity index (χ0v) is 12.4. The Kier molecular flexibility index (Phi) is 4.47. The maximum Gasteiger partial charge on any atom is 0.180 e. The van der Waals surface area contributed by atoms with Crippen LogP contribution in [0.3, 0.4) is 0 Å². The number of anilines is 1. The molecular formula is C14H22N2O2S. The minimum atomic E-state index is -3.17. The maximum atomic E-state index is 12.3. The first kappa shape index (κ1) is 14.3. The molecule has 1 atom stereocenters. The topological polar surface area (TPSA) is 49.4 Å². The lowest BCUT2D eigenvalue weighted by Crippen LogP contribution is -2.49. The molecule has 1 aliphatic heterocycles. The van der Waals surface area contributed by atoms with E-state index in [1.807, 2.05) is 19.1 Å². The minimum Gasteiger partial charge on any atom is -0.368 e. The summed E-state index contributed by atoms with van der Waals surface area (Å²) in [6.45, 7) is 6.60. The molecule has 1 aliphatic rings. The standard InChI is InChI=1S/C14H22N2O2S/c1-3-10-19(17,18)14-7-5-4-6-13(14)16-9-8-15-12(2)11-16/h4-7,12,15H,3,8-11H2,1-2H3. The summed E-state index contributed by atoms with van der Waals surface area (Å²) < 4.78 is 24.7. The lowest BCUT2D eigenvalue weighted by Gasteiger charge is -2.34. The second kappa shape index (κ2) is 5.92. The summed E-state index contributed by atoms with van der Waals surface area (Å²) >= 11 is 0. The van der Waals surface area contributed by atoms with E-state index in [9.17, 15) is 8.42 Å². The number of nitrogens with zero attached hydrogens (tertiary/aromatic N) is 1. The number of hydrogen-bond acceptors (Lipinski definition) is 4. The van der Waals surface area contributed by atoms with Crippen molar-refractivity contribution in [2.45, 2.75) is 31.2 Å². The summed E-state index contributed by atoms with van der Waals surface area (Å²) in [4.78, 5) is 2.65. The van der Waals surface area contributed by atoms with Crippen LogP contribution in [0, 0.1) is 0 Å². The van der Waals surface area contributed by atoms with Gasteiger partial charge in [0.05, 0.1) is 16.3 Å².